The molecule has 0 saturated carbocycles. The predicted octanol–water partition coefficient (Wildman–Crippen LogP) is 5.28. The lowest BCUT2D eigenvalue weighted by Gasteiger charge is -2.34. The molecule has 8 rings (SSSR count). The van der Waals surface area contributed by atoms with E-state index in [-0.39, 0.29) is 56.6 Å². The van der Waals surface area contributed by atoms with Crippen LogP contribution in [0.1, 0.15) is 38.5 Å². The van der Waals surface area contributed by atoms with Gasteiger partial charge in [0, 0.05) is 59.3 Å². The Bertz CT molecular complexity index is 1670. The summed E-state index contributed by atoms with van der Waals surface area (Å²) in [7, 11) is 0. The molecule has 4 aliphatic rings. The van der Waals surface area contributed by atoms with Crippen LogP contribution in [-0.2, 0) is 0 Å². The van der Waals surface area contributed by atoms with Gasteiger partial charge in [-0.25, -0.2) is 17.6 Å². The Morgan fingerprint density at radius 1 is 0.902 bits per heavy atom. The summed E-state index contributed by atoms with van der Waals surface area (Å²) in [5.41, 5.74) is -0.148. The highest BCUT2D eigenvalue weighted by molar-refractivity contribution is 6.00. The van der Waals surface area contributed by atoms with E-state index in [1.54, 1.807) is 0 Å². The number of piperazine rings is 1. The number of aromatic nitrogens is 3. The number of benzene rings is 2. The maximum atomic E-state index is 16.4. The first-order chi connectivity index (χ1) is 19.9. The van der Waals surface area contributed by atoms with E-state index in [0.29, 0.717) is 25.5 Å². The second-order valence-corrected chi connectivity index (χ2v) is 12.0. The molecule has 0 unspecified atom stereocenters. The molecule has 7 nitrogen and oxygen atoms in total. The summed E-state index contributed by atoms with van der Waals surface area (Å²) in [5.74, 6) is -3.41. The first-order valence-corrected chi connectivity index (χ1v) is 14.4. The highest BCUT2D eigenvalue weighted by Gasteiger charge is 2.45. The fraction of sp³-hybridized carbons (Fsp3) is 0.467. The number of H-pyrrole nitrogens is 1. The van der Waals surface area contributed by atoms with Crippen molar-refractivity contribution in [1.29, 1.82) is 0 Å². The minimum atomic E-state index is -1.10. The van der Waals surface area contributed by atoms with Crippen LogP contribution in [-0.4, -0.2) is 70.3 Å². The molecule has 11 heteroatoms. The second kappa shape index (κ2) is 9.29. The summed E-state index contributed by atoms with van der Waals surface area (Å²) in [5, 5.41) is 4.02. The molecule has 2 atom stereocenters. The molecule has 0 aliphatic carbocycles. The van der Waals surface area contributed by atoms with Gasteiger partial charge in [-0.1, -0.05) is 0 Å². The highest BCUT2D eigenvalue weighted by Crippen LogP contribution is 2.41. The van der Waals surface area contributed by atoms with E-state index < -0.39 is 23.3 Å². The van der Waals surface area contributed by atoms with Gasteiger partial charge in [0.25, 0.3) is 0 Å². The van der Waals surface area contributed by atoms with Gasteiger partial charge in [-0.05, 0) is 63.7 Å². The molecule has 41 heavy (non-hydrogen) atoms. The number of aromatic amines is 1. The molecular formula is C30H30F4N6O. The van der Waals surface area contributed by atoms with Crippen molar-refractivity contribution in [3.8, 4) is 17.1 Å². The molecule has 214 valence electrons. The fourth-order valence-corrected chi connectivity index (χ4v) is 7.67. The lowest BCUT2D eigenvalue weighted by Crippen LogP contribution is -2.51. The zero-order valence-electron chi connectivity index (χ0n) is 22.5. The number of fused-ring (bicyclic) bond motifs is 5. The van der Waals surface area contributed by atoms with E-state index in [4.69, 9.17) is 9.72 Å². The second-order valence-electron chi connectivity index (χ2n) is 12.0. The molecule has 0 radical (unpaired) electrons. The van der Waals surface area contributed by atoms with E-state index in [1.165, 1.54) is 12.3 Å². The van der Waals surface area contributed by atoms with E-state index >= 15 is 8.78 Å². The third-order valence-electron chi connectivity index (χ3n) is 9.63. The SMILES string of the molecule is Fc1cc2[nH]cc(-c3c(F)cc4c(N5C[C@H]6CC[C@@H](C5)N6)nc(OCC56CCCN5CCC6)nc4c3F)c2cc1F. The quantitative estimate of drug-likeness (QED) is 0.321. The van der Waals surface area contributed by atoms with E-state index in [1.807, 2.05) is 0 Å². The summed E-state index contributed by atoms with van der Waals surface area (Å²) >= 11 is 0. The van der Waals surface area contributed by atoms with Crippen LogP contribution in [0.2, 0.25) is 0 Å². The van der Waals surface area contributed by atoms with Gasteiger partial charge in [-0.2, -0.15) is 9.97 Å². The zero-order chi connectivity index (χ0) is 27.9. The molecule has 0 spiro atoms. The van der Waals surface area contributed by atoms with Crippen molar-refractivity contribution in [3.63, 3.8) is 0 Å². The molecule has 0 amide bonds. The van der Waals surface area contributed by atoms with E-state index in [0.717, 1.165) is 63.7 Å². The molecule has 4 fully saturated rings. The smallest absolute Gasteiger partial charge is 0.319 e. The van der Waals surface area contributed by atoms with Gasteiger partial charge in [0.2, 0.25) is 0 Å². The maximum absolute atomic E-state index is 16.4. The number of hydrogen-bond donors (Lipinski definition) is 2. The minimum Gasteiger partial charge on any atom is -0.461 e. The van der Waals surface area contributed by atoms with E-state index in [2.05, 4.69) is 25.1 Å². The number of rotatable bonds is 5. The number of hydrogen-bond acceptors (Lipinski definition) is 6. The monoisotopic (exact) mass is 566 g/mol. The van der Waals surface area contributed by atoms with Gasteiger partial charge >= 0.3 is 6.01 Å². The Kier molecular flexibility index (Phi) is 5.73. The lowest BCUT2D eigenvalue weighted by atomic mass is 9.95. The first kappa shape index (κ1) is 25.3. The van der Waals surface area contributed by atoms with Crippen molar-refractivity contribution in [1.82, 2.24) is 25.2 Å². The molecule has 4 saturated heterocycles. The Labute approximate surface area is 233 Å². The van der Waals surface area contributed by atoms with Crippen LogP contribution in [0.5, 0.6) is 6.01 Å². The zero-order valence-corrected chi connectivity index (χ0v) is 22.5. The van der Waals surface area contributed by atoms with Crippen LogP contribution in [0.25, 0.3) is 32.9 Å². The predicted molar refractivity (Wildman–Crippen MR) is 147 cm³/mol. The molecular weight excluding hydrogens is 536 g/mol. The van der Waals surface area contributed by atoms with Crippen molar-refractivity contribution in [2.45, 2.75) is 56.1 Å². The van der Waals surface area contributed by atoms with Gasteiger partial charge in [0.05, 0.1) is 11.1 Å². The summed E-state index contributed by atoms with van der Waals surface area (Å²) in [6, 6.07) is 3.81. The van der Waals surface area contributed by atoms with Crippen molar-refractivity contribution in [2.75, 3.05) is 37.7 Å². The van der Waals surface area contributed by atoms with Gasteiger partial charge in [0.1, 0.15) is 23.8 Å². The summed E-state index contributed by atoms with van der Waals surface area (Å²) in [4.78, 5) is 16.6. The van der Waals surface area contributed by atoms with Crippen LogP contribution in [0.15, 0.2) is 24.4 Å². The average molecular weight is 567 g/mol. The van der Waals surface area contributed by atoms with Crippen molar-refractivity contribution in [2.24, 2.45) is 0 Å². The Morgan fingerprint density at radius 3 is 2.37 bits per heavy atom. The van der Waals surface area contributed by atoms with Gasteiger partial charge in [-0.15, -0.1) is 0 Å². The third kappa shape index (κ3) is 3.99. The topological polar surface area (TPSA) is 69.3 Å². The van der Waals surface area contributed by atoms with Crippen LogP contribution < -0.4 is 15.0 Å². The number of halogens is 4. The molecule has 2 aromatic carbocycles. The largest absolute Gasteiger partial charge is 0.461 e. The number of ether oxygens (including phenoxy) is 1. The van der Waals surface area contributed by atoms with Gasteiger partial charge in [-0.3, -0.25) is 4.90 Å². The molecule has 6 heterocycles. The molecule has 4 aromatic rings. The molecule has 4 aliphatic heterocycles. The van der Waals surface area contributed by atoms with Crippen molar-refractivity contribution >= 4 is 27.6 Å². The molecule has 2 aromatic heterocycles. The Hall–Kier alpha value is -3.44. The van der Waals surface area contributed by atoms with Crippen LogP contribution >= 0.6 is 0 Å². The normalized spacial score (nSPS) is 23.7. The molecule has 2 N–H and O–H groups in total. The number of anilines is 1. The third-order valence-corrected chi connectivity index (χ3v) is 9.63. The van der Waals surface area contributed by atoms with Crippen molar-refractivity contribution < 1.29 is 22.3 Å². The number of nitrogens with one attached hydrogen (secondary N) is 2. The van der Waals surface area contributed by atoms with E-state index in [9.17, 15) is 8.78 Å². The van der Waals surface area contributed by atoms with Crippen molar-refractivity contribution in [3.05, 3.63) is 47.7 Å². The lowest BCUT2D eigenvalue weighted by molar-refractivity contribution is 0.108. The Balaban J connectivity index is 1.26. The Morgan fingerprint density at radius 2 is 1.61 bits per heavy atom. The number of nitrogens with zero attached hydrogens (tertiary/aromatic N) is 4. The summed E-state index contributed by atoms with van der Waals surface area (Å²) in [6.07, 6.45) is 7.74. The standard InChI is InChI=1S/C30H30F4N6O/c31-21-9-18-20(12-35-24(18)11-22(21)32)25-23(33)10-19-27(26(25)34)37-29(41-15-30-5-1-7-40(30)8-2-6-30)38-28(19)39-13-16-3-4-17(14-39)36-16/h9-12,16-17,35-36H,1-8,13-15H2/t16-,17+. The molecule has 2 bridgehead atoms. The van der Waals surface area contributed by atoms with Crippen LogP contribution in [0, 0.1) is 23.3 Å². The summed E-state index contributed by atoms with van der Waals surface area (Å²) in [6.45, 7) is 3.83. The van der Waals surface area contributed by atoms with Crippen LogP contribution in [0.3, 0.4) is 0 Å². The highest BCUT2D eigenvalue weighted by atomic mass is 19.2. The minimum absolute atomic E-state index is 0.0531. The fourth-order valence-electron chi connectivity index (χ4n) is 7.67. The maximum Gasteiger partial charge on any atom is 0.319 e. The summed E-state index contributed by atoms with van der Waals surface area (Å²) < 4.78 is 66.5. The van der Waals surface area contributed by atoms with Gasteiger partial charge in [0.15, 0.2) is 17.5 Å². The average Bonchev–Trinajstić information content (AvgIpc) is 3.72. The van der Waals surface area contributed by atoms with Gasteiger partial charge < -0.3 is 19.9 Å². The van der Waals surface area contributed by atoms with Crippen LogP contribution in [0.4, 0.5) is 23.4 Å². The first-order valence-electron chi connectivity index (χ1n) is 14.4.